The van der Waals surface area contributed by atoms with Gasteiger partial charge in [-0.15, -0.1) is 0 Å². The van der Waals surface area contributed by atoms with Gasteiger partial charge >= 0.3 is 0 Å². The molecular weight excluding hydrogens is 192 g/mol. The lowest BCUT2D eigenvalue weighted by Crippen LogP contribution is -2.32. The molecule has 1 aromatic rings. The van der Waals surface area contributed by atoms with Gasteiger partial charge in [0, 0.05) is 5.92 Å². The number of hydrogen-bond donors (Lipinski definition) is 0. The Balaban J connectivity index is 1.74. The summed E-state index contributed by atoms with van der Waals surface area (Å²) in [5.41, 5.74) is 1.13. The molecule has 0 radical (unpaired) electrons. The van der Waals surface area contributed by atoms with Gasteiger partial charge in [0.2, 0.25) is 0 Å². The maximum atomic E-state index is 5.47. The van der Waals surface area contributed by atoms with Gasteiger partial charge in [-0.3, -0.25) is 0 Å². The minimum atomic E-state index is -0.499. The van der Waals surface area contributed by atoms with E-state index < -0.39 is 6.48 Å². The lowest BCUT2D eigenvalue weighted by molar-refractivity contribution is -0.324. The van der Waals surface area contributed by atoms with E-state index >= 15 is 0 Å². The SMILES string of the molecule is CC1COC(OCc2ccccc2)OC1. The van der Waals surface area contributed by atoms with Gasteiger partial charge in [0.1, 0.15) is 0 Å². The molecule has 0 unspecified atom stereocenters. The topological polar surface area (TPSA) is 27.7 Å². The Morgan fingerprint density at radius 2 is 1.87 bits per heavy atom. The van der Waals surface area contributed by atoms with Crippen molar-refractivity contribution in [2.75, 3.05) is 13.2 Å². The predicted octanol–water partition coefficient (Wildman–Crippen LogP) is 2.17. The van der Waals surface area contributed by atoms with Crippen LogP contribution in [0.5, 0.6) is 0 Å². The van der Waals surface area contributed by atoms with Gasteiger partial charge in [0.25, 0.3) is 6.48 Å². The Morgan fingerprint density at radius 1 is 1.20 bits per heavy atom. The third-order valence-corrected chi connectivity index (χ3v) is 2.26. The summed E-state index contributed by atoms with van der Waals surface area (Å²) < 4.78 is 16.2. The molecule has 3 heteroatoms. The molecule has 3 nitrogen and oxygen atoms in total. The molecule has 82 valence electrons. The van der Waals surface area contributed by atoms with Crippen molar-refractivity contribution in [3.8, 4) is 0 Å². The fourth-order valence-corrected chi connectivity index (χ4v) is 1.42. The second-order valence-corrected chi connectivity index (χ2v) is 3.86. The van der Waals surface area contributed by atoms with Crippen molar-refractivity contribution in [2.24, 2.45) is 5.92 Å². The maximum Gasteiger partial charge on any atom is 0.271 e. The first-order valence-electron chi connectivity index (χ1n) is 5.23. The van der Waals surface area contributed by atoms with Crippen molar-refractivity contribution >= 4 is 0 Å². The quantitative estimate of drug-likeness (QED) is 0.762. The first kappa shape index (κ1) is 10.6. The van der Waals surface area contributed by atoms with Crippen LogP contribution in [0.15, 0.2) is 30.3 Å². The summed E-state index contributed by atoms with van der Waals surface area (Å²) in [7, 11) is 0. The molecule has 1 heterocycles. The normalized spacial score (nSPS) is 26.5. The van der Waals surface area contributed by atoms with Gasteiger partial charge in [-0.25, -0.2) is 0 Å². The van der Waals surface area contributed by atoms with E-state index in [-0.39, 0.29) is 0 Å². The van der Waals surface area contributed by atoms with E-state index in [0.29, 0.717) is 25.7 Å². The first-order valence-corrected chi connectivity index (χ1v) is 5.23. The van der Waals surface area contributed by atoms with E-state index in [9.17, 15) is 0 Å². The minimum absolute atomic E-state index is 0.460. The highest BCUT2D eigenvalue weighted by Gasteiger charge is 2.19. The molecule has 0 spiro atoms. The van der Waals surface area contributed by atoms with Crippen LogP contribution in [-0.4, -0.2) is 19.7 Å². The molecule has 1 aliphatic rings. The molecule has 0 saturated carbocycles. The summed E-state index contributed by atoms with van der Waals surface area (Å²) in [6, 6.07) is 10.0. The number of benzene rings is 1. The largest absolute Gasteiger partial charge is 0.330 e. The van der Waals surface area contributed by atoms with Gasteiger partial charge in [-0.1, -0.05) is 37.3 Å². The second-order valence-electron chi connectivity index (χ2n) is 3.86. The van der Waals surface area contributed by atoms with Crippen molar-refractivity contribution < 1.29 is 14.2 Å². The average Bonchev–Trinajstić information content (AvgIpc) is 2.30. The summed E-state index contributed by atoms with van der Waals surface area (Å²) >= 11 is 0. The molecule has 0 amide bonds. The van der Waals surface area contributed by atoms with Gasteiger partial charge in [-0.05, 0) is 5.56 Å². The standard InChI is InChI=1S/C12H16O3/c1-10-7-13-12(14-8-10)15-9-11-5-3-2-4-6-11/h2-6,10,12H,7-9H2,1H3. The van der Waals surface area contributed by atoms with Crippen LogP contribution < -0.4 is 0 Å². The molecule has 1 fully saturated rings. The third-order valence-electron chi connectivity index (χ3n) is 2.26. The Labute approximate surface area is 90.0 Å². The molecule has 1 aromatic carbocycles. The van der Waals surface area contributed by atoms with Crippen molar-refractivity contribution in [1.82, 2.24) is 0 Å². The Hall–Kier alpha value is -0.900. The molecule has 0 atom stereocenters. The second kappa shape index (κ2) is 5.26. The highest BCUT2D eigenvalue weighted by Crippen LogP contribution is 2.13. The summed E-state index contributed by atoms with van der Waals surface area (Å²) in [5, 5.41) is 0. The van der Waals surface area contributed by atoms with E-state index in [1.165, 1.54) is 0 Å². The van der Waals surface area contributed by atoms with Crippen LogP contribution in [0, 0.1) is 5.92 Å². The average molecular weight is 208 g/mol. The van der Waals surface area contributed by atoms with Crippen LogP contribution >= 0.6 is 0 Å². The van der Waals surface area contributed by atoms with Crippen molar-refractivity contribution in [3.63, 3.8) is 0 Å². The fourth-order valence-electron chi connectivity index (χ4n) is 1.42. The van der Waals surface area contributed by atoms with Gasteiger partial charge < -0.3 is 14.2 Å². The monoisotopic (exact) mass is 208 g/mol. The number of rotatable bonds is 3. The highest BCUT2D eigenvalue weighted by molar-refractivity contribution is 5.13. The Kier molecular flexibility index (Phi) is 3.72. The molecule has 0 aromatic heterocycles. The molecule has 2 rings (SSSR count). The van der Waals surface area contributed by atoms with Gasteiger partial charge in [0.15, 0.2) is 0 Å². The van der Waals surface area contributed by atoms with E-state index in [2.05, 4.69) is 6.92 Å². The zero-order valence-corrected chi connectivity index (χ0v) is 8.89. The molecule has 0 bridgehead atoms. The first-order chi connectivity index (χ1) is 7.34. The van der Waals surface area contributed by atoms with Gasteiger partial charge in [-0.2, -0.15) is 0 Å². The maximum absolute atomic E-state index is 5.47. The van der Waals surface area contributed by atoms with E-state index in [4.69, 9.17) is 14.2 Å². The smallest absolute Gasteiger partial charge is 0.271 e. The number of hydrogen-bond acceptors (Lipinski definition) is 3. The Morgan fingerprint density at radius 3 is 2.53 bits per heavy atom. The molecule has 1 saturated heterocycles. The van der Waals surface area contributed by atoms with Crippen LogP contribution in [-0.2, 0) is 20.8 Å². The van der Waals surface area contributed by atoms with E-state index in [0.717, 1.165) is 5.56 Å². The van der Waals surface area contributed by atoms with Crippen LogP contribution in [0.25, 0.3) is 0 Å². The molecular formula is C12H16O3. The van der Waals surface area contributed by atoms with E-state index in [1.807, 2.05) is 30.3 Å². The Bertz CT molecular complexity index is 278. The predicted molar refractivity (Wildman–Crippen MR) is 56.1 cm³/mol. The fraction of sp³-hybridized carbons (Fsp3) is 0.500. The van der Waals surface area contributed by atoms with Gasteiger partial charge in [0.05, 0.1) is 19.8 Å². The minimum Gasteiger partial charge on any atom is -0.330 e. The summed E-state index contributed by atoms with van der Waals surface area (Å²) in [6.07, 6.45) is 0. The highest BCUT2D eigenvalue weighted by atomic mass is 16.8. The zero-order valence-electron chi connectivity index (χ0n) is 8.89. The van der Waals surface area contributed by atoms with Crippen molar-refractivity contribution in [2.45, 2.75) is 20.0 Å². The molecule has 0 N–H and O–H groups in total. The lowest BCUT2D eigenvalue weighted by atomic mass is 10.2. The van der Waals surface area contributed by atoms with Crippen LogP contribution in [0.4, 0.5) is 0 Å². The van der Waals surface area contributed by atoms with Crippen molar-refractivity contribution in [3.05, 3.63) is 35.9 Å². The van der Waals surface area contributed by atoms with Crippen molar-refractivity contribution in [1.29, 1.82) is 0 Å². The van der Waals surface area contributed by atoms with E-state index in [1.54, 1.807) is 0 Å². The summed E-state index contributed by atoms with van der Waals surface area (Å²) in [5.74, 6) is 0.460. The number of ether oxygens (including phenoxy) is 3. The summed E-state index contributed by atoms with van der Waals surface area (Å²) in [6.45, 7) is 3.54. The molecule has 1 aliphatic heterocycles. The van der Waals surface area contributed by atoms with Crippen LogP contribution in [0.3, 0.4) is 0 Å². The lowest BCUT2D eigenvalue weighted by Gasteiger charge is -2.26. The van der Waals surface area contributed by atoms with Crippen LogP contribution in [0.1, 0.15) is 12.5 Å². The van der Waals surface area contributed by atoms with Crippen LogP contribution in [0.2, 0.25) is 0 Å². The molecule has 0 aliphatic carbocycles. The zero-order chi connectivity index (χ0) is 10.5. The third kappa shape index (κ3) is 3.30. The molecule has 15 heavy (non-hydrogen) atoms. The summed E-state index contributed by atoms with van der Waals surface area (Å²) in [4.78, 5) is 0.